The van der Waals surface area contributed by atoms with E-state index in [0.717, 1.165) is 42.9 Å². The van der Waals surface area contributed by atoms with Crippen molar-refractivity contribution in [1.29, 1.82) is 0 Å². The van der Waals surface area contributed by atoms with Crippen LogP contribution < -0.4 is 24.8 Å². The van der Waals surface area contributed by atoms with Crippen LogP contribution in [0.5, 0.6) is 17.2 Å². The lowest BCUT2D eigenvalue weighted by atomic mass is 9.87. The second-order valence-electron chi connectivity index (χ2n) is 10.7. The predicted molar refractivity (Wildman–Crippen MR) is 171 cm³/mol. The van der Waals surface area contributed by atoms with Crippen molar-refractivity contribution in [2.24, 2.45) is 0 Å². The first-order valence-corrected chi connectivity index (χ1v) is 15.4. The van der Waals surface area contributed by atoms with Gasteiger partial charge in [0.25, 0.3) is 5.91 Å². The number of amides is 1. The molecule has 2 N–H and O–H groups in total. The van der Waals surface area contributed by atoms with Crippen LogP contribution in [0.4, 0.5) is 5.69 Å². The Morgan fingerprint density at radius 2 is 1.61 bits per heavy atom. The molecule has 0 aliphatic carbocycles. The van der Waals surface area contributed by atoms with E-state index in [9.17, 15) is 4.79 Å². The quantitative estimate of drug-likeness (QED) is 0.181. The average Bonchev–Trinajstić information content (AvgIpc) is 3.06. The van der Waals surface area contributed by atoms with Crippen LogP contribution in [0.1, 0.15) is 43.2 Å². The van der Waals surface area contributed by atoms with E-state index in [0.29, 0.717) is 51.0 Å². The number of para-hydroxylation sites is 3. The van der Waals surface area contributed by atoms with E-state index in [2.05, 4.69) is 22.8 Å². The number of methoxy groups -OCH3 is 2. The van der Waals surface area contributed by atoms with Crippen molar-refractivity contribution in [3.05, 3.63) is 83.9 Å². The highest BCUT2D eigenvalue weighted by atomic mass is 16.5. The molecule has 1 saturated heterocycles. The molecule has 1 aliphatic heterocycles. The molecule has 0 aromatic heterocycles. The number of piperidine rings is 1. The van der Waals surface area contributed by atoms with E-state index < -0.39 is 6.10 Å². The van der Waals surface area contributed by atoms with Gasteiger partial charge in [-0.05, 0) is 55.8 Å². The molecule has 1 fully saturated rings. The number of carbonyl (C=O) groups is 1. The molecule has 0 spiro atoms. The third-order valence-electron chi connectivity index (χ3n) is 7.53. The Hall–Kier alpha value is -3.63. The first-order valence-electron chi connectivity index (χ1n) is 15.4. The number of benzene rings is 3. The van der Waals surface area contributed by atoms with Gasteiger partial charge in [-0.3, -0.25) is 4.79 Å². The van der Waals surface area contributed by atoms with Crippen molar-refractivity contribution in [3.8, 4) is 17.2 Å². The molecule has 9 nitrogen and oxygen atoms in total. The molecule has 1 aliphatic rings. The van der Waals surface area contributed by atoms with Crippen molar-refractivity contribution in [2.45, 2.75) is 50.9 Å². The molecule has 3 aromatic carbocycles. The summed E-state index contributed by atoms with van der Waals surface area (Å²) in [5.74, 6) is 2.24. The molecule has 0 radical (unpaired) electrons. The Kier molecular flexibility index (Phi) is 13.8. The Balaban J connectivity index is 1.23. The van der Waals surface area contributed by atoms with Crippen molar-refractivity contribution >= 4 is 11.6 Å². The number of nitrogens with one attached hydrogen (secondary N) is 2. The number of rotatable bonds is 18. The minimum Gasteiger partial charge on any atom is -0.496 e. The molecular weight excluding hydrogens is 560 g/mol. The summed E-state index contributed by atoms with van der Waals surface area (Å²) in [5.41, 5.74) is 2.83. The summed E-state index contributed by atoms with van der Waals surface area (Å²) in [5, 5.41) is 6.39. The third-order valence-corrected chi connectivity index (χ3v) is 7.53. The molecule has 9 heteroatoms. The largest absolute Gasteiger partial charge is 0.496 e. The summed E-state index contributed by atoms with van der Waals surface area (Å²) < 4.78 is 34.4. The molecule has 1 amide bonds. The normalized spacial score (nSPS) is 17.1. The lowest BCUT2D eigenvalue weighted by Gasteiger charge is -2.34. The monoisotopic (exact) mass is 606 g/mol. The molecule has 3 aromatic rings. The van der Waals surface area contributed by atoms with Crippen LogP contribution in [-0.2, 0) is 25.6 Å². The predicted octanol–water partition coefficient (Wildman–Crippen LogP) is 5.59. The maximum absolute atomic E-state index is 13.1. The standard InChI is InChI=1S/C35H46N2O7/c1-26(35(38)37-31-11-5-7-13-33(31)43-23-8-20-39-2)44-34-24-36-19-18-30(34)27-14-16-29(17-15-27)42-22-9-21-41-25-28-10-4-6-12-32(28)40-3/h4-7,10-17,26,30,34,36H,8-9,18-25H2,1-3H3,(H,37,38)/t26-,30?,34?/m0/s1. The SMILES string of the molecule is COCCCOc1ccccc1NC(=O)[C@H](C)OC1CNCCC1c1ccc(OCCCOCc2ccccc2OC)cc1. The summed E-state index contributed by atoms with van der Waals surface area (Å²) in [7, 11) is 3.33. The minimum absolute atomic E-state index is 0.141. The fourth-order valence-corrected chi connectivity index (χ4v) is 5.16. The van der Waals surface area contributed by atoms with Gasteiger partial charge in [0.05, 0.1) is 45.3 Å². The van der Waals surface area contributed by atoms with Gasteiger partial charge in [-0.25, -0.2) is 0 Å². The molecular formula is C35H46N2O7. The molecule has 0 saturated carbocycles. The summed E-state index contributed by atoms with van der Waals surface area (Å²) in [6.45, 7) is 6.16. The van der Waals surface area contributed by atoms with Gasteiger partial charge in [0.2, 0.25) is 0 Å². The zero-order chi connectivity index (χ0) is 31.0. The highest BCUT2D eigenvalue weighted by Gasteiger charge is 2.30. The van der Waals surface area contributed by atoms with Crippen LogP contribution in [0, 0.1) is 0 Å². The molecule has 238 valence electrons. The smallest absolute Gasteiger partial charge is 0.253 e. The van der Waals surface area contributed by atoms with Crippen LogP contribution in [0.25, 0.3) is 0 Å². The van der Waals surface area contributed by atoms with Crippen LogP contribution in [0.15, 0.2) is 72.8 Å². The fraction of sp³-hybridized carbons (Fsp3) is 0.457. The first kappa shape index (κ1) is 33.3. The number of anilines is 1. The first-order chi connectivity index (χ1) is 21.6. The van der Waals surface area contributed by atoms with Gasteiger partial charge in [-0.1, -0.05) is 42.5 Å². The zero-order valence-corrected chi connectivity index (χ0v) is 26.1. The van der Waals surface area contributed by atoms with E-state index in [-0.39, 0.29) is 17.9 Å². The van der Waals surface area contributed by atoms with Crippen LogP contribution in [0.2, 0.25) is 0 Å². The highest BCUT2D eigenvalue weighted by Crippen LogP contribution is 2.30. The summed E-state index contributed by atoms with van der Waals surface area (Å²) in [6, 6.07) is 23.5. The maximum Gasteiger partial charge on any atom is 0.253 e. The van der Waals surface area contributed by atoms with E-state index in [1.54, 1.807) is 21.1 Å². The summed E-state index contributed by atoms with van der Waals surface area (Å²) >= 11 is 0. The number of ether oxygens (including phenoxy) is 6. The van der Waals surface area contributed by atoms with Crippen LogP contribution in [0.3, 0.4) is 0 Å². The fourth-order valence-electron chi connectivity index (χ4n) is 5.16. The van der Waals surface area contributed by atoms with E-state index in [1.165, 1.54) is 5.56 Å². The average molecular weight is 607 g/mol. The topological polar surface area (TPSA) is 96.5 Å². The second-order valence-corrected chi connectivity index (χ2v) is 10.7. The van der Waals surface area contributed by atoms with Crippen molar-refractivity contribution in [3.63, 3.8) is 0 Å². The molecule has 1 heterocycles. The number of carbonyl (C=O) groups excluding carboxylic acids is 1. The lowest BCUT2D eigenvalue weighted by Crippen LogP contribution is -2.44. The lowest BCUT2D eigenvalue weighted by molar-refractivity contribution is -0.131. The van der Waals surface area contributed by atoms with Crippen molar-refractivity contribution in [1.82, 2.24) is 5.32 Å². The molecule has 44 heavy (non-hydrogen) atoms. The van der Waals surface area contributed by atoms with Crippen LogP contribution in [-0.4, -0.2) is 71.9 Å². The maximum atomic E-state index is 13.1. The van der Waals surface area contributed by atoms with Gasteiger partial charge in [0.1, 0.15) is 23.4 Å². The Morgan fingerprint density at radius 3 is 2.41 bits per heavy atom. The summed E-state index contributed by atoms with van der Waals surface area (Å²) in [4.78, 5) is 13.1. The van der Waals surface area contributed by atoms with E-state index >= 15 is 0 Å². The highest BCUT2D eigenvalue weighted by molar-refractivity contribution is 5.95. The van der Waals surface area contributed by atoms with Gasteiger partial charge in [-0.2, -0.15) is 0 Å². The molecule has 2 unspecified atom stereocenters. The van der Waals surface area contributed by atoms with E-state index in [1.807, 2.05) is 60.7 Å². The van der Waals surface area contributed by atoms with Gasteiger partial charge < -0.3 is 39.1 Å². The van der Waals surface area contributed by atoms with Gasteiger partial charge in [0.15, 0.2) is 0 Å². The third kappa shape index (κ3) is 10.2. The second kappa shape index (κ2) is 18.2. The van der Waals surface area contributed by atoms with Gasteiger partial charge >= 0.3 is 0 Å². The number of hydrogen-bond acceptors (Lipinski definition) is 8. The van der Waals surface area contributed by atoms with Gasteiger partial charge in [-0.15, -0.1) is 0 Å². The van der Waals surface area contributed by atoms with Gasteiger partial charge in [0, 0.05) is 44.6 Å². The van der Waals surface area contributed by atoms with E-state index in [4.69, 9.17) is 28.4 Å². The Bertz CT molecular complexity index is 1270. The summed E-state index contributed by atoms with van der Waals surface area (Å²) in [6.07, 6.45) is 1.68. The molecule has 0 bridgehead atoms. The number of hydrogen-bond donors (Lipinski definition) is 2. The minimum atomic E-state index is -0.642. The Morgan fingerprint density at radius 1 is 0.886 bits per heavy atom. The molecule has 3 atom stereocenters. The zero-order valence-electron chi connectivity index (χ0n) is 26.1. The van der Waals surface area contributed by atoms with Crippen LogP contribution >= 0.6 is 0 Å². The van der Waals surface area contributed by atoms with Crippen molar-refractivity contribution in [2.75, 3.05) is 59.1 Å². The molecule has 4 rings (SSSR count). The van der Waals surface area contributed by atoms with Crippen molar-refractivity contribution < 1.29 is 33.2 Å². The Labute approximate surface area is 261 Å².